The molecule has 0 N–H and O–H groups in total. The summed E-state index contributed by atoms with van der Waals surface area (Å²) in [4.78, 5) is 1.40. The van der Waals surface area contributed by atoms with Crippen molar-refractivity contribution >= 4 is 58.4 Å². The van der Waals surface area contributed by atoms with Gasteiger partial charge in [-0.05, 0) is 32.7 Å². The Morgan fingerprint density at radius 3 is 1.22 bits per heavy atom. The fourth-order valence-electron chi connectivity index (χ4n) is 5.29. The molecule has 0 amide bonds. The molecule has 232 valence electrons. The van der Waals surface area contributed by atoms with Gasteiger partial charge in [0.1, 0.15) is 0 Å². The third-order valence-electron chi connectivity index (χ3n) is 8.15. The van der Waals surface area contributed by atoms with Gasteiger partial charge in [0, 0.05) is 27.6 Å². The van der Waals surface area contributed by atoms with E-state index < -0.39 is 16.1 Å². The second kappa shape index (κ2) is 18.3. The average molecular weight is 753 g/mol. The second-order valence-corrected chi connectivity index (χ2v) is 16.3. The molecule has 1 aromatic heterocycles. The van der Waals surface area contributed by atoms with Crippen LogP contribution in [0.4, 0.5) is 0 Å². The van der Waals surface area contributed by atoms with Crippen LogP contribution < -0.4 is 21.2 Å². The maximum absolute atomic E-state index is 4.57. The van der Waals surface area contributed by atoms with Gasteiger partial charge in [-0.3, -0.25) is 0 Å². The van der Waals surface area contributed by atoms with Crippen molar-refractivity contribution in [1.82, 2.24) is 4.44 Å². The molecular weight excluding hydrogens is 713 g/mol. The Labute approximate surface area is 292 Å². The quantitative estimate of drug-likeness (QED) is 0.0867. The first-order valence-corrected chi connectivity index (χ1v) is 20.6. The molecule has 6 rings (SSSR count). The Morgan fingerprint density at radius 1 is 0.600 bits per heavy atom. The third kappa shape index (κ3) is 9.27. The minimum absolute atomic E-state index is 0.737. The van der Waals surface area contributed by atoms with Crippen molar-refractivity contribution in [2.24, 2.45) is 0 Å². The van der Waals surface area contributed by atoms with Crippen LogP contribution in [0, 0.1) is 17.8 Å². The van der Waals surface area contributed by atoms with Crippen molar-refractivity contribution in [2.45, 2.75) is 41.2 Å². The molecular formula is C39H40ClNP2RuS. The standard InChI is InChI=1S/C29H25NP2S.C10H15.ClH.Ru/c1-5-14-25(15-6-1)31(26-16-7-2-8-17-26)30(24-29-22-13-23-33-29)32(27-18-9-3-10-19-27)28-20-11-4-12-21-28;1-6-7(2)9(4)10(5)8(6)3;;/h1-23H,24H2;1-5H3;1H;/q;-1;;+2/p-1. The molecule has 1 nitrogen and oxygen atoms in total. The number of hydrogen-bond donors (Lipinski definition) is 0. The van der Waals surface area contributed by atoms with Crippen LogP contribution in [-0.2, 0) is 23.9 Å². The summed E-state index contributed by atoms with van der Waals surface area (Å²) >= 11 is 3.67. The van der Waals surface area contributed by atoms with E-state index in [-0.39, 0.29) is 0 Å². The van der Waals surface area contributed by atoms with Crippen molar-refractivity contribution in [3.05, 3.63) is 173 Å². The molecule has 0 fully saturated rings. The SMILES string of the molecule is C[C]1[C](C)[C-](C)C(C)=C1C.[Cl][Ru+].c1ccc(P(c2ccccc2)N(Cc2cccs2)P(c2ccccc2)c2ccccc2)cc1. The molecule has 0 saturated heterocycles. The van der Waals surface area contributed by atoms with E-state index in [1.54, 1.807) is 0 Å². The number of halogens is 1. The van der Waals surface area contributed by atoms with E-state index in [0.717, 1.165) is 6.54 Å². The van der Waals surface area contributed by atoms with E-state index in [1.807, 2.05) is 28.6 Å². The molecule has 1 aliphatic rings. The minimum atomic E-state index is -0.737. The van der Waals surface area contributed by atoms with E-state index >= 15 is 0 Å². The monoisotopic (exact) mass is 753 g/mol. The van der Waals surface area contributed by atoms with Gasteiger partial charge in [0.05, 0.1) is 0 Å². The fraction of sp³-hybridized carbons (Fsp3) is 0.154. The molecule has 0 saturated carbocycles. The molecule has 6 heteroatoms. The summed E-state index contributed by atoms with van der Waals surface area (Å²) < 4.78 is 2.78. The van der Waals surface area contributed by atoms with Crippen LogP contribution in [0.25, 0.3) is 0 Å². The Balaban J connectivity index is 0.000000326. The largest absolute Gasteiger partial charge is 0.239 e. The van der Waals surface area contributed by atoms with Gasteiger partial charge < -0.3 is 0 Å². The zero-order valence-corrected chi connectivity index (χ0v) is 31.6. The Kier molecular flexibility index (Phi) is 14.6. The van der Waals surface area contributed by atoms with Crippen molar-refractivity contribution in [3.8, 4) is 0 Å². The smallest absolute Gasteiger partial charge is 0.0419 e. The molecule has 0 atom stereocenters. The Bertz CT molecular complexity index is 1390. The van der Waals surface area contributed by atoms with Crippen molar-refractivity contribution < 1.29 is 17.3 Å². The minimum Gasteiger partial charge on any atom is -0.239 e. The van der Waals surface area contributed by atoms with Crippen molar-refractivity contribution in [3.63, 3.8) is 0 Å². The van der Waals surface area contributed by atoms with Crippen LogP contribution >= 0.6 is 37.2 Å². The van der Waals surface area contributed by atoms with Crippen molar-refractivity contribution in [2.75, 3.05) is 0 Å². The molecule has 0 aliphatic heterocycles. The molecule has 1 heterocycles. The number of nitrogens with zero attached hydrogens (tertiary/aromatic N) is 1. The topological polar surface area (TPSA) is 3.24 Å². The molecule has 2 radical (unpaired) electrons. The Hall–Kier alpha value is -2.08. The van der Waals surface area contributed by atoms with Crippen LogP contribution in [-0.4, -0.2) is 4.44 Å². The van der Waals surface area contributed by atoms with Gasteiger partial charge in [-0.15, -0.1) is 25.2 Å². The molecule has 45 heavy (non-hydrogen) atoms. The number of rotatable bonds is 8. The van der Waals surface area contributed by atoms with Crippen LogP contribution in [0.15, 0.2) is 150 Å². The van der Waals surface area contributed by atoms with E-state index in [1.165, 1.54) is 55.0 Å². The number of thiophene rings is 1. The maximum atomic E-state index is 4.57. The predicted octanol–water partition coefficient (Wildman–Crippen LogP) is 10.5. The third-order valence-corrected chi connectivity index (χ3v) is 14.4. The van der Waals surface area contributed by atoms with Gasteiger partial charge in [0.25, 0.3) is 0 Å². The van der Waals surface area contributed by atoms with Gasteiger partial charge in [-0.2, -0.15) is 0 Å². The van der Waals surface area contributed by atoms with Gasteiger partial charge in [-0.25, -0.2) is 21.5 Å². The summed E-state index contributed by atoms with van der Waals surface area (Å²) in [7, 11) is 3.10. The summed E-state index contributed by atoms with van der Waals surface area (Å²) in [5, 5.41) is 7.72. The maximum Gasteiger partial charge on any atom is 0.0419 e. The molecule has 1 aliphatic carbocycles. The van der Waals surface area contributed by atoms with Gasteiger partial charge in [-0.1, -0.05) is 160 Å². The second-order valence-electron chi connectivity index (χ2n) is 10.7. The van der Waals surface area contributed by atoms with Crippen LogP contribution in [0.2, 0.25) is 0 Å². The Morgan fingerprint density at radius 2 is 0.978 bits per heavy atom. The summed E-state index contributed by atoms with van der Waals surface area (Å²) in [5.41, 5.74) is 2.94. The molecule has 4 aromatic carbocycles. The zero-order chi connectivity index (χ0) is 32.2. The average Bonchev–Trinajstić information content (AvgIpc) is 3.68. The molecule has 0 spiro atoms. The van der Waals surface area contributed by atoms with Gasteiger partial charge >= 0.3 is 27.0 Å². The van der Waals surface area contributed by atoms with Crippen LogP contribution in [0.1, 0.15) is 39.5 Å². The molecule has 5 aromatic rings. The van der Waals surface area contributed by atoms with Crippen molar-refractivity contribution in [1.29, 1.82) is 0 Å². The molecule has 0 unspecified atom stereocenters. The number of benzene rings is 4. The number of allylic oxidation sites excluding steroid dienone is 2. The predicted molar refractivity (Wildman–Crippen MR) is 199 cm³/mol. The van der Waals surface area contributed by atoms with Crippen LogP contribution in [0.5, 0.6) is 0 Å². The fourth-order valence-corrected chi connectivity index (χ4v) is 12.2. The first kappa shape index (κ1) is 35.8. The van der Waals surface area contributed by atoms with E-state index in [9.17, 15) is 0 Å². The zero-order valence-electron chi connectivity index (χ0n) is 26.5. The normalized spacial score (nSPS) is 13.6. The summed E-state index contributed by atoms with van der Waals surface area (Å²) in [5.74, 6) is 4.40. The van der Waals surface area contributed by atoms with E-state index in [0.29, 0.717) is 0 Å². The molecule has 0 bridgehead atoms. The first-order valence-electron chi connectivity index (χ1n) is 14.9. The first-order chi connectivity index (χ1) is 22.0. The van der Waals surface area contributed by atoms with Gasteiger partial charge in [0.2, 0.25) is 0 Å². The summed E-state index contributed by atoms with van der Waals surface area (Å²) in [6.45, 7) is 11.9. The number of hydrogen-bond acceptors (Lipinski definition) is 2. The van der Waals surface area contributed by atoms with Gasteiger partial charge in [0.15, 0.2) is 0 Å². The van der Waals surface area contributed by atoms with E-state index in [2.05, 4.69) is 188 Å². The summed E-state index contributed by atoms with van der Waals surface area (Å²) in [6.07, 6.45) is 0. The summed E-state index contributed by atoms with van der Waals surface area (Å²) in [6, 6.07) is 48.6. The van der Waals surface area contributed by atoms with E-state index in [4.69, 9.17) is 0 Å². The van der Waals surface area contributed by atoms with Crippen LogP contribution in [0.3, 0.4) is 0 Å².